The fourth-order valence-electron chi connectivity index (χ4n) is 1.16. The lowest BCUT2D eigenvalue weighted by Gasteiger charge is -2.11. The first-order valence-electron chi connectivity index (χ1n) is 4.19. The molecule has 1 aromatic rings. The summed E-state index contributed by atoms with van der Waals surface area (Å²) < 4.78 is 26.1. The van der Waals surface area contributed by atoms with Crippen molar-refractivity contribution in [2.45, 2.75) is 6.04 Å². The summed E-state index contributed by atoms with van der Waals surface area (Å²) in [6, 6.07) is 1.90. The zero-order valence-corrected chi connectivity index (χ0v) is 7.82. The molecule has 0 saturated heterocycles. The summed E-state index contributed by atoms with van der Waals surface area (Å²) in [5.41, 5.74) is 10.1. The molecule has 0 aliphatic heterocycles. The van der Waals surface area contributed by atoms with Crippen LogP contribution in [0.5, 0.6) is 0 Å². The van der Waals surface area contributed by atoms with Gasteiger partial charge in [-0.1, -0.05) is 0 Å². The summed E-state index contributed by atoms with van der Waals surface area (Å²) in [5.74, 6) is -1.58. The number of nitrogens with two attached hydrogens (primary N) is 2. The first-order chi connectivity index (χ1) is 7.04. The monoisotopic (exact) mass is 215 g/mol. The predicted molar refractivity (Wildman–Crippen MR) is 52.0 cm³/mol. The highest BCUT2D eigenvalue weighted by Gasteiger charge is 2.14. The third-order valence-corrected chi connectivity index (χ3v) is 1.79. The molecule has 1 aromatic carbocycles. The van der Waals surface area contributed by atoms with Crippen LogP contribution in [0.1, 0.15) is 11.6 Å². The minimum atomic E-state index is -0.981. The first kappa shape index (κ1) is 11.4. The molecule has 1 unspecified atom stereocenters. The van der Waals surface area contributed by atoms with Crippen LogP contribution in [-0.4, -0.2) is 17.7 Å². The van der Waals surface area contributed by atoms with Crippen molar-refractivity contribution in [1.29, 1.82) is 0 Å². The van der Waals surface area contributed by atoms with E-state index in [-0.39, 0.29) is 11.5 Å². The Hall–Kier alpha value is -1.69. The molecule has 0 fully saturated rings. The molecule has 5 N–H and O–H groups in total. The van der Waals surface area contributed by atoms with Crippen LogP contribution in [0.25, 0.3) is 0 Å². The average Bonchev–Trinajstić information content (AvgIpc) is 2.18. The molecule has 1 rings (SSSR count). The van der Waals surface area contributed by atoms with Crippen LogP contribution in [0, 0.1) is 11.6 Å². The smallest absolute Gasteiger partial charge is 0.186 e. The highest BCUT2D eigenvalue weighted by atomic mass is 19.1. The Kier molecular flexibility index (Phi) is 3.56. The van der Waals surface area contributed by atoms with Gasteiger partial charge in [-0.15, -0.1) is 0 Å². The van der Waals surface area contributed by atoms with Gasteiger partial charge in [0.2, 0.25) is 0 Å². The second kappa shape index (κ2) is 4.70. The number of benzene rings is 1. The number of guanidine groups is 1. The summed E-state index contributed by atoms with van der Waals surface area (Å²) in [6.45, 7) is -0.502. The Morgan fingerprint density at radius 3 is 2.60 bits per heavy atom. The SMILES string of the molecule is NC(N)=NC(CO)c1cc(F)ccc1F. The summed E-state index contributed by atoms with van der Waals surface area (Å²) in [7, 11) is 0. The van der Waals surface area contributed by atoms with Crippen molar-refractivity contribution in [1.82, 2.24) is 0 Å². The average molecular weight is 215 g/mol. The molecule has 0 heterocycles. The first-order valence-corrected chi connectivity index (χ1v) is 4.19. The topological polar surface area (TPSA) is 84.6 Å². The van der Waals surface area contributed by atoms with Gasteiger partial charge in [0, 0.05) is 5.56 Å². The van der Waals surface area contributed by atoms with E-state index < -0.39 is 24.3 Å². The Morgan fingerprint density at radius 1 is 1.40 bits per heavy atom. The standard InChI is InChI=1S/C9H11F2N3O/c10-5-1-2-7(11)6(3-5)8(4-15)14-9(12)13/h1-3,8,15H,4H2,(H4,12,13,14). The molecule has 0 amide bonds. The fraction of sp³-hybridized carbons (Fsp3) is 0.222. The van der Waals surface area contributed by atoms with Crippen molar-refractivity contribution in [2.75, 3.05) is 6.61 Å². The molecular formula is C9H11F2N3O. The number of aliphatic imine (C=N–C) groups is 1. The lowest BCUT2D eigenvalue weighted by atomic mass is 10.1. The summed E-state index contributed by atoms with van der Waals surface area (Å²) >= 11 is 0. The van der Waals surface area contributed by atoms with Crippen molar-refractivity contribution in [3.05, 3.63) is 35.4 Å². The van der Waals surface area contributed by atoms with Crippen LogP contribution in [-0.2, 0) is 0 Å². The molecule has 0 aliphatic carbocycles. The number of aliphatic hydroxyl groups excluding tert-OH is 1. The van der Waals surface area contributed by atoms with Crippen LogP contribution in [0.2, 0.25) is 0 Å². The largest absolute Gasteiger partial charge is 0.394 e. The maximum absolute atomic E-state index is 13.2. The van der Waals surface area contributed by atoms with Crippen LogP contribution in [0.15, 0.2) is 23.2 Å². The normalized spacial score (nSPS) is 12.2. The number of halogens is 2. The number of nitrogens with zero attached hydrogens (tertiary/aromatic N) is 1. The van der Waals surface area contributed by atoms with E-state index in [9.17, 15) is 8.78 Å². The lowest BCUT2D eigenvalue weighted by molar-refractivity contribution is 0.266. The molecule has 0 saturated carbocycles. The molecule has 4 nitrogen and oxygen atoms in total. The highest BCUT2D eigenvalue weighted by molar-refractivity contribution is 5.76. The summed E-state index contributed by atoms with van der Waals surface area (Å²) in [6.07, 6.45) is 0. The van der Waals surface area contributed by atoms with E-state index in [0.29, 0.717) is 0 Å². The third kappa shape index (κ3) is 2.88. The Balaban J connectivity index is 3.11. The molecule has 1 atom stereocenters. The van der Waals surface area contributed by atoms with Gasteiger partial charge in [-0.05, 0) is 18.2 Å². The molecule has 15 heavy (non-hydrogen) atoms. The van der Waals surface area contributed by atoms with E-state index in [1.807, 2.05) is 0 Å². The summed E-state index contributed by atoms with van der Waals surface area (Å²) in [5, 5.41) is 8.94. The predicted octanol–water partition coefficient (Wildman–Crippen LogP) is 0.272. The van der Waals surface area contributed by atoms with E-state index >= 15 is 0 Å². The van der Waals surface area contributed by atoms with Gasteiger partial charge in [-0.25, -0.2) is 13.8 Å². The van der Waals surface area contributed by atoms with Crippen LogP contribution in [0.4, 0.5) is 8.78 Å². The maximum Gasteiger partial charge on any atom is 0.186 e. The van der Waals surface area contributed by atoms with E-state index in [1.54, 1.807) is 0 Å². The Morgan fingerprint density at radius 2 is 2.07 bits per heavy atom. The van der Waals surface area contributed by atoms with Gasteiger partial charge in [0.25, 0.3) is 0 Å². The van der Waals surface area contributed by atoms with Crippen molar-refractivity contribution in [2.24, 2.45) is 16.5 Å². The van der Waals surface area contributed by atoms with Crippen molar-refractivity contribution in [3.63, 3.8) is 0 Å². The highest BCUT2D eigenvalue weighted by Crippen LogP contribution is 2.21. The van der Waals surface area contributed by atoms with Gasteiger partial charge in [-0.3, -0.25) is 0 Å². The van der Waals surface area contributed by atoms with Gasteiger partial charge >= 0.3 is 0 Å². The summed E-state index contributed by atoms with van der Waals surface area (Å²) in [4.78, 5) is 3.58. The second-order valence-electron chi connectivity index (χ2n) is 2.92. The zero-order chi connectivity index (χ0) is 11.4. The van der Waals surface area contributed by atoms with Gasteiger partial charge in [-0.2, -0.15) is 0 Å². The van der Waals surface area contributed by atoms with Gasteiger partial charge in [0.05, 0.1) is 6.61 Å². The van der Waals surface area contributed by atoms with Crippen LogP contribution >= 0.6 is 0 Å². The van der Waals surface area contributed by atoms with Gasteiger partial charge in [0.15, 0.2) is 5.96 Å². The zero-order valence-electron chi connectivity index (χ0n) is 7.82. The Bertz CT molecular complexity index is 378. The lowest BCUT2D eigenvalue weighted by Crippen LogP contribution is -2.24. The van der Waals surface area contributed by atoms with Crippen LogP contribution in [0.3, 0.4) is 0 Å². The quantitative estimate of drug-likeness (QED) is 0.500. The number of hydrogen-bond acceptors (Lipinski definition) is 2. The van der Waals surface area contributed by atoms with E-state index in [1.165, 1.54) is 0 Å². The maximum atomic E-state index is 13.2. The molecule has 82 valence electrons. The molecule has 0 bridgehead atoms. The van der Waals surface area contributed by atoms with Crippen molar-refractivity contribution < 1.29 is 13.9 Å². The minimum Gasteiger partial charge on any atom is -0.394 e. The molecule has 0 aliphatic rings. The number of rotatable bonds is 3. The number of hydrogen-bond donors (Lipinski definition) is 3. The van der Waals surface area contributed by atoms with Crippen molar-refractivity contribution in [3.8, 4) is 0 Å². The fourth-order valence-corrected chi connectivity index (χ4v) is 1.16. The molecule has 0 aromatic heterocycles. The minimum absolute atomic E-state index is 0.0779. The molecule has 0 spiro atoms. The molecular weight excluding hydrogens is 204 g/mol. The van der Waals surface area contributed by atoms with E-state index in [4.69, 9.17) is 16.6 Å². The van der Waals surface area contributed by atoms with Gasteiger partial charge in [0.1, 0.15) is 17.7 Å². The Labute approximate surface area is 85.2 Å². The van der Waals surface area contributed by atoms with E-state index in [0.717, 1.165) is 18.2 Å². The number of aliphatic hydroxyl groups is 1. The van der Waals surface area contributed by atoms with Crippen LogP contribution < -0.4 is 11.5 Å². The molecule has 0 radical (unpaired) electrons. The van der Waals surface area contributed by atoms with E-state index in [2.05, 4.69) is 4.99 Å². The van der Waals surface area contributed by atoms with Crippen molar-refractivity contribution >= 4 is 5.96 Å². The third-order valence-electron chi connectivity index (χ3n) is 1.79. The second-order valence-corrected chi connectivity index (χ2v) is 2.92. The molecule has 6 heteroatoms. The van der Waals surface area contributed by atoms with Gasteiger partial charge < -0.3 is 16.6 Å².